The normalized spacial score (nSPS) is 11.6. The lowest BCUT2D eigenvalue weighted by atomic mass is 10.2. The summed E-state index contributed by atoms with van der Waals surface area (Å²) < 4.78 is 1.97. The maximum atomic E-state index is 4.71. The Morgan fingerprint density at radius 2 is 1.67 bits per heavy atom. The van der Waals surface area contributed by atoms with Gasteiger partial charge in [-0.15, -0.1) is 10.2 Å². The van der Waals surface area contributed by atoms with Crippen LogP contribution >= 0.6 is 11.8 Å². The monoisotopic (exact) mass is 416 g/mol. The molecule has 0 radical (unpaired) electrons. The number of hydrogen-bond donors (Lipinski definition) is 2. The maximum Gasteiger partial charge on any atom is 0.191 e. The number of guanidine groups is 1. The number of aromatic nitrogens is 3. The molecule has 0 aliphatic heterocycles. The molecule has 6 nitrogen and oxygen atoms in total. The first-order valence-corrected chi connectivity index (χ1v) is 10.8. The van der Waals surface area contributed by atoms with Gasteiger partial charge in [0, 0.05) is 22.5 Å². The summed E-state index contributed by atoms with van der Waals surface area (Å²) in [5.74, 6) is 1.60. The van der Waals surface area contributed by atoms with Gasteiger partial charge in [-0.3, -0.25) is 4.40 Å². The predicted octanol–water partition coefficient (Wildman–Crippen LogP) is 4.14. The lowest BCUT2D eigenvalue weighted by molar-refractivity contribution is 0.765. The van der Waals surface area contributed by atoms with E-state index in [9.17, 15) is 0 Å². The topological polar surface area (TPSA) is 66.6 Å². The average molecular weight is 417 g/mol. The van der Waals surface area contributed by atoms with E-state index in [-0.39, 0.29) is 0 Å². The molecule has 0 fully saturated rings. The molecule has 0 bridgehead atoms. The van der Waals surface area contributed by atoms with Crippen LogP contribution in [-0.2, 0) is 13.1 Å². The first kappa shape index (κ1) is 20.0. The molecule has 0 aliphatic rings. The second-order valence-electron chi connectivity index (χ2n) is 6.65. The van der Waals surface area contributed by atoms with Crippen molar-refractivity contribution in [1.29, 1.82) is 0 Å². The van der Waals surface area contributed by atoms with Crippen LogP contribution in [-0.4, -0.2) is 27.1 Å². The molecule has 0 atom stereocenters. The summed E-state index contributed by atoms with van der Waals surface area (Å²) >= 11 is 1.76. The van der Waals surface area contributed by atoms with Gasteiger partial charge in [0.2, 0.25) is 0 Å². The van der Waals surface area contributed by atoms with Crippen molar-refractivity contribution in [1.82, 2.24) is 25.2 Å². The van der Waals surface area contributed by atoms with Gasteiger partial charge in [0.15, 0.2) is 17.4 Å². The van der Waals surface area contributed by atoms with Crippen LogP contribution in [0.25, 0.3) is 5.65 Å². The average Bonchev–Trinajstić information content (AvgIpc) is 3.20. The fraction of sp³-hybridized carbons (Fsp3) is 0.174. The van der Waals surface area contributed by atoms with Crippen molar-refractivity contribution in [3.8, 4) is 0 Å². The van der Waals surface area contributed by atoms with Gasteiger partial charge in [-0.25, -0.2) is 4.99 Å². The third-order valence-corrected chi connectivity index (χ3v) is 5.48. The highest BCUT2D eigenvalue weighted by Gasteiger charge is 2.06. The second-order valence-corrected chi connectivity index (χ2v) is 7.80. The first-order chi connectivity index (χ1) is 14.8. The Kier molecular flexibility index (Phi) is 6.61. The van der Waals surface area contributed by atoms with Gasteiger partial charge >= 0.3 is 0 Å². The summed E-state index contributed by atoms with van der Waals surface area (Å²) in [4.78, 5) is 7.17. The Morgan fingerprint density at radius 3 is 2.47 bits per heavy atom. The molecule has 0 spiro atoms. The minimum Gasteiger partial charge on any atom is -0.357 e. The second kappa shape index (κ2) is 9.93. The lowest BCUT2D eigenvalue weighted by Crippen LogP contribution is -2.37. The van der Waals surface area contributed by atoms with Crippen LogP contribution in [0.1, 0.15) is 18.3 Å². The number of benzene rings is 2. The van der Waals surface area contributed by atoms with Crippen molar-refractivity contribution in [3.63, 3.8) is 0 Å². The van der Waals surface area contributed by atoms with Crippen LogP contribution < -0.4 is 10.6 Å². The maximum absolute atomic E-state index is 4.71. The van der Waals surface area contributed by atoms with E-state index < -0.39 is 0 Å². The van der Waals surface area contributed by atoms with Crippen LogP contribution in [0.2, 0.25) is 0 Å². The van der Waals surface area contributed by atoms with Gasteiger partial charge in [-0.2, -0.15) is 0 Å². The smallest absolute Gasteiger partial charge is 0.191 e. The van der Waals surface area contributed by atoms with Crippen LogP contribution in [0.5, 0.6) is 0 Å². The first-order valence-electron chi connectivity index (χ1n) is 9.94. The van der Waals surface area contributed by atoms with Crippen molar-refractivity contribution in [3.05, 3.63) is 90.4 Å². The zero-order chi connectivity index (χ0) is 20.6. The van der Waals surface area contributed by atoms with E-state index in [1.54, 1.807) is 11.8 Å². The molecular weight excluding hydrogens is 392 g/mol. The number of hydrogen-bond acceptors (Lipinski definition) is 4. The minimum absolute atomic E-state index is 0.545. The third kappa shape index (κ3) is 5.18. The number of fused-ring (bicyclic) bond motifs is 1. The molecule has 2 aromatic heterocycles. The lowest BCUT2D eigenvalue weighted by Gasteiger charge is -2.10. The van der Waals surface area contributed by atoms with Crippen molar-refractivity contribution in [2.75, 3.05) is 6.54 Å². The van der Waals surface area contributed by atoms with Crippen molar-refractivity contribution in [2.45, 2.75) is 29.8 Å². The number of nitrogens with one attached hydrogen (secondary N) is 2. The fourth-order valence-corrected chi connectivity index (χ4v) is 3.81. The van der Waals surface area contributed by atoms with E-state index in [0.717, 1.165) is 29.5 Å². The van der Waals surface area contributed by atoms with E-state index in [2.05, 4.69) is 76.3 Å². The predicted molar refractivity (Wildman–Crippen MR) is 122 cm³/mol. The Morgan fingerprint density at radius 1 is 0.900 bits per heavy atom. The zero-order valence-electron chi connectivity index (χ0n) is 16.8. The van der Waals surface area contributed by atoms with Crippen molar-refractivity contribution in [2.24, 2.45) is 4.99 Å². The molecular formula is C23H24N6S. The molecule has 0 amide bonds. The molecule has 152 valence electrons. The van der Waals surface area contributed by atoms with Gasteiger partial charge in [0.1, 0.15) is 0 Å². The summed E-state index contributed by atoms with van der Waals surface area (Å²) in [5, 5.41) is 15.1. The quantitative estimate of drug-likeness (QED) is 0.350. The van der Waals surface area contributed by atoms with Gasteiger partial charge in [0.05, 0.1) is 13.1 Å². The summed E-state index contributed by atoms with van der Waals surface area (Å²) in [6.07, 6.45) is 1.96. The Hall–Kier alpha value is -3.32. The molecule has 2 heterocycles. The highest BCUT2D eigenvalue weighted by molar-refractivity contribution is 7.99. The number of rotatable bonds is 7. The summed E-state index contributed by atoms with van der Waals surface area (Å²) in [7, 11) is 0. The molecule has 4 rings (SSSR count). The van der Waals surface area contributed by atoms with E-state index >= 15 is 0 Å². The Labute approximate surface area is 180 Å². The van der Waals surface area contributed by atoms with Gasteiger partial charge in [-0.05, 0) is 48.9 Å². The Balaban J connectivity index is 1.37. The molecule has 0 saturated carbocycles. The molecule has 2 N–H and O–H groups in total. The highest BCUT2D eigenvalue weighted by Crippen LogP contribution is 2.27. The molecule has 0 unspecified atom stereocenters. The van der Waals surface area contributed by atoms with Crippen LogP contribution in [0.3, 0.4) is 0 Å². The largest absolute Gasteiger partial charge is 0.357 e. The molecule has 30 heavy (non-hydrogen) atoms. The van der Waals surface area contributed by atoms with Crippen molar-refractivity contribution < 1.29 is 0 Å². The molecule has 0 saturated heterocycles. The fourth-order valence-electron chi connectivity index (χ4n) is 2.97. The third-order valence-electron chi connectivity index (χ3n) is 4.46. The zero-order valence-corrected chi connectivity index (χ0v) is 17.6. The van der Waals surface area contributed by atoms with Gasteiger partial charge in [-0.1, -0.05) is 48.2 Å². The summed E-state index contributed by atoms with van der Waals surface area (Å²) in [6, 6.07) is 24.8. The SMILES string of the molecule is CCNC(=NCc1ccc(Sc2ccccc2)cc1)NCc1nnc2ccccn12. The van der Waals surface area contributed by atoms with Crippen LogP contribution in [0.15, 0.2) is 93.8 Å². The van der Waals surface area contributed by atoms with E-state index in [4.69, 9.17) is 4.99 Å². The molecule has 0 aliphatic carbocycles. The molecule has 2 aromatic carbocycles. The van der Waals surface area contributed by atoms with E-state index in [0.29, 0.717) is 13.1 Å². The summed E-state index contributed by atoms with van der Waals surface area (Å²) in [5.41, 5.74) is 2.00. The minimum atomic E-state index is 0.545. The Bertz CT molecular complexity index is 1110. The van der Waals surface area contributed by atoms with Crippen LogP contribution in [0.4, 0.5) is 0 Å². The molecule has 7 heteroatoms. The number of aliphatic imine (C=N–C) groups is 1. The number of nitrogens with zero attached hydrogens (tertiary/aromatic N) is 4. The highest BCUT2D eigenvalue weighted by atomic mass is 32.2. The summed E-state index contributed by atoms with van der Waals surface area (Å²) in [6.45, 7) is 3.99. The van der Waals surface area contributed by atoms with E-state index in [1.807, 2.05) is 34.9 Å². The van der Waals surface area contributed by atoms with E-state index in [1.165, 1.54) is 9.79 Å². The standard InChI is InChI=1S/C23H24N6S/c1-2-24-23(26-17-22-28-27-21-10-6-7-15-29(21)22)25-16-18-11-13-20(14-12-18)30-19-8-4-3-5-9-19/h3-15H,2,16-17H2,1H3,(H2,24,25,26). The van der Waals surface area contributed by atoms with Gasteiger partial charge < -0.3 is 10.6 Å². The van der Waals surface area contributed by atoms with Crippen LogP contribution in [0, 0.1) is 0 Å². The van der Waals surface area contributed by atoms with Gasteiger partial charge in [0.25, 0.3) is 0 Å². The van der Waals surface area contributed by atoms with Crippen molar-refractivity contribution >= 4 is 23.4 Å². The molecule has 4 aromatic rings. The number of pyridine rings is 1.